The smallest absolute Gasteiger partial charge is 0.330 e. The van der Waals surface area contributed by atoms with Gasteiger partial charge in [-0.1, -0.05) is 49.1 Å². The van der Waals surface area contributed by atoms with Gasteiger partial charge in [0.25, 0.3) is 11.8 Å². The van der Waals surface area contributed by atoms with Crippen molar-refractivity contribution < 1.29 is 29.0 Å². The highest BCUT2D eigenvalue weighted by Gasteiger charge is 2.50. The number of esters is 1. The third kappa shape index (κ3) is 6.53. The fourth-order valence-electron chi connectivity index (χ4n) is 4.37. The summed E-state index contributed by atoms with van der Waals surface area (Å²) in [7, 11) is 1.52. The number of carbonyl (C=O) groups is 3. The number of hydrogen-bond acceptors (Lipinski definition) is 7. The minimum atomic E-state index is -1.60. The van der Waals surface area contributed by atoms with Gasteiger partial charge in [-0.05, 0) is 44.9 Å². The predicted octanol–water partition coefficient (Wildman–Crippen LogP) is 3.11. The quantitative estimate of drug-likeness (QED) is 0.362. The van der Waals surface area contributed by atoms with Crippen LogP contribution in [0.15, 0.2) is 61.2 Å². The van der Waals surface area contributed by atoms with Gasteiger partial charge in [0, 0.05) is 15.9 Å². The number of aliphatic hydroxyl groups is 1. The molecule has 1 saturated heterocycles. The van der Waals surface area contributed by atoms with Crippen LogP contribution in [0, 0.1) is 6.92 Å². The van der Waals surface area contributed by atoms with Gasteiger partial charge in [0.2, 0.25) is 0 Å². The number of hydrogen-bond donors (Lipinski definition) is 2. The minimum Gasteiger partial charge on any atom is -0.496 e. The van der Waals surface area contributed by atoms with E-state index in [-0.39, 0.29) is 18.9 Å². The zero-order valence-corrected chi connectivity index (χ0v) is 22.4. The topological polar surface area (TPSA) is 105 Å². The summed E-state index contributed by atoms with van der Waals surface area (Å²) in [4.78, 5) is 41.1. The maximum Gasteiger partial charge on any atom is 0.330 e. The molecule has 1 aliphatic rings. The van der Waals surface area contributed by atoms with Gasteiger partial charge in [0.05, 0.1) is 19.0 Å². The van der Waals surface area contributed by atoms with E-state index in [1.807, 2.05) is 44.2 Å². The zero-order valence-electron chi connectivity index (χ0n) is 21.6. The van der Waals surface area contributed by atoms with Crippen LogP contribution in [-0.4, -0.2) is 70.3 Å². The van der Waals surface area contributed by atoms with Crippen LogP contribution in [0.4, 0.5) is 0 Å². The number of rotatable bonds is 10. The summed E-state index contributed by atoms with van der Waals surface area (Å²) in [6.07, 6.45) is 0.0672. The standard InChI is InChI=1S/C28H34N2O6S/c1-6-15-36-27(34)24-28(3,4)37-17-30(24)26(33)23(31)21(16-19-11-8-7-9-12-19)29-25(32)20-13-10-14-22(35-5)18(20)2/h6-14,21,23-24,31H,1,15-17H2,2-5H3,(H,29,32)/t21-,23-,24+/m0/s1. The maximum absolute atomic E-state index is 13.6. The Hall–Kier alpha value is -3.30. The molecule has 2 aromatic carbocycles. The van der Waals surface area contributed by atoms with Crippen molar-refractivity contribution in [3.8, 4) is 5.75 Å². The van der Waals surface area contributed by atoms with E-state index in [9.17, 15) is 19.5 Å². The fraction of sp³-hybridized carbons (Fsp3) is 0.393. The van der Waals surface area contributed by atoms with Crippen LogP contribution in [0.2, 0.25) is 0 Å². The Labute approximate surface area is 222 Å². The number of nitrogens with one attached hydrogen (secondary N) is 1. The monoisotopic (exact) mass is 526 g/mol. The van der Waals surface area contributed by atoms with E-state index in [2.05, 4.69) is 11.9 Å². The van der Waals surface area contributed by atoms with E-state index in [1.54, 1.807) is 25.1 Å². The molecule has 1 fully saturated rings. The van der Waals surface area contributed by atoms with Crippen molar-refractivity contribution in [2.75, 3.05) is 19.6 Å². The predicted molar refractivity (Wildman–Crippen MR) is 143 cm³/mol. The number of aliphatic hydroxyl groups excluding tert-OH is 1. The summed E-state index contributed by atoms with van der Waals surface area (Å²) < 4.78 is 9.96. The van der Waals surface area contributed by atoms with Crippen LogP contribution < -0.4 is 10.1 Å². The molecule has 9 heteroatoms. The van der Waals surface area contributed by atoms with E-state index in [4.69, 9.17) is 9.47 Å². The first-order valence-corrected chi connectivity index (χ1v) is 13.0. The third-order valence-electron chi connectivity index (χ3n) is 6.39. The molecule has 8 nitrogen and oxygen atoms in total. The summed E-state index contributed by atoms with van der Waals surface area (Å²) in [5.41, 5.74) is 1.85. The van der Waals surface area contributed by atoms with Crippen molar-refractivity contribution >= 4 is 29.5 Å². The highest BCUT2D eigenvalue weighted by Crippen LogP contribution is 2.40. The Kier molecular flexibility index (Phi) is 9.39. The Bertz CT molecular complexity index is 1140. The number of amides is 2. The average molecular weight is 527 g/mol. The van der Waals surface area contributed by atoms with Crippen LogP contribution in [0.3, 0.4) is 0 Å². The average Bonchev–Trinajstić information content (AvgIpc) is 3.21. The van der Waals surface area contributed by atoms with Crippen molar-refractivity contribution in [1.29, 1.82) is 0 Å². The molecule has 2 amide bonds. The summed E-state index contributed by atoms with van der Waals surface area (Å²) in [6, 6.07) is 12.5. The molecule has 1 aliphatic heterocycles. The van der Waals surface area contributed by atoms with Crippen molar-refractivity contribution in [3.05, 3.63) is 77.9 Å². The fourth-order valence-corrected chi connectivity index (χ4v) is 5.50. The first-order chi connectivity index (χ1) is 17.6. The lowest BCUT2D eigenvalue weighted by molar-refractivity contribution is -0.157. The first-order valence-electron chi connectivity index (χ1n) is 12.0. The lowest BCUT2D eigenvalue weighted by Gasteiger charge is -2.32. The molecule has 2 N–H and O–H groups in total. The number of nitrogens with zero attached hydrogens (tertiary/aromatic N) is 1. The lowest BCUT2D eigenvalue weighted by Crippen LogP contribution is -2.57. The SMILES string of the molecule is C=CCOC(=O)[C@H]1N(C(=O)[C@@H](O)[C@H](Cc2ccccc2)NC(=O)c2cccc(OC)c2C)CSC1(C)C. The molecule has 0 radical (unpaired) electrons. The second-order valence-electron chi connectivity index (χ2n) is 9.35. The molecule has 3 atom stereocenters. The number of thioether (sulfide) groups is 1. The van der Waals surface area contributed by atoms with E-state index in [1.165, 1.54) is 29.8 Å². The van der Waals surface area contributed by atoms with Gasteiger partial charge in [-0.25, -0.2) is 4.79 Å². The van der Waals surface area contributed by atoms with Crippen LogP contribution >= 0.6 is 11.8 Å². The van der Waals surface area contributed by atoms with Gasteiger partial charge in [-0.15, -0.1) is 11.8 Å². The van der Waals surface area contributed by atoms with Gasteiger partial charge < -0.3 is 24.8 Å². The third-order valence-corrected chi connectivity index (χ3v) is 7.77. The second-order valence-corrected chi connectivity index (χ2v) is 11.0. The molecule has 0 bridgehead atoms. The molecular formula is C28H34N2O6S. The number of carbonyl (C=O) groups excluding carboxylic acids is 3. The molecule has 198 valence electrons. The number of benzene rings is 2. The Morgan fingerprint density at radius 1 is 1.22 bits per heavy atom. The van der Waals surface area contributed by atoms with Crippen molar-refractivity contribution in [2.45, 2.75) is 50.1 Å². The van der Waals surface area contributed by atoms with Gasteiger partial charge in [-0.2, -0.15) is 0 Å². The molecule has 0 aromatic heterocycles. The molecule has 0 aliphatic carbocycles. The van der Waals surface area contributed by atoms with Gasteiger partial charge in [0.15, 0.2) is 6.10 Å². The highest BCUT2D eigenvalue weighted by molar-refractivity contribution is 8.00. The van der Waals surface area contributed by atoms with Crippen molar-refractivity contribution in [3.63, 3.8) is 0 Å². The summed E-state index contributed by atoms with van der Waals surface area (Å²) in [6.45, 7) is 9.06. The minimum absolute atomic E-state index is 0.0211. The van der Waals surface area contributed by atoms with Crippen molar-refractivity contribution in [2.24, 2.45) is 0 Å². The molecule has 0 unspecified atom stereocenters. The van der Waals surface area contributed by atoms with Crippen molar-refractivity contribution in [1.82, 2.24) is 10.2 Å². The number of methoxy groups -OCH3 is 1. The van der Waals surface area contributed by atoms with Crippen LogP contribution in [0.25, 0.3) is 0 Å². The molecule has 37 heavy (non-hydrogen) atoms. The highest BCUT2D eigenvalue weighted by atomic mass is 32.2. The molecular weight excluding hydrogens is 492 g/mol. The maximum atomic E-state index is 13.6. The van der Waals surface area contributed by atoms with E-state index >= 15 is 0 Å². The second kappa shape index (κ2) is 12.3. The summed E-state index contributed by atoms with van der Waals surface area (Å²) in [5.74, 6) is -0.894. The largest absolute Gasteiger partial charge is 0.496 e. The van der Waals surface area contributed by atoms with Gasteiger partial charge >= 0.3 is 5.97 Å². The molecule has 3 rings (SSSR count). The van der Waals surface area contributed by atoms with Crippen LogP contribution in [0.5, 0.6) is 5.75 Å². The summed E-state index contributed by atoms with van der Waals surface area (Å²) >= 11 is 1.42. The zero-order chi connectivity index (χ0) is 27.2. The lowest BCUT2D eigenvalue weighted by atomic mass is 9.97. The Morgan fingerprint density at radius 2 is 1.92 bits per heavy atom. The Morgan fingerprint density at radius 3 is 2.57 bits per heavy atom. The van der Waals surface area contributed by atoms with E-state index in [0.29, 0.717) is 16.9 Å². The Balaban J connectivity index is 1.89. The van der Waals surface area contributed by atoms with Gasteiger partial charge in [-0.3, -0.25) is 9.59 Å². The van der Waals surface area contributed by atoms with E-state index < -0.39 is 40.7 Å². The number of ether oxygens (including phenoxy) is 2. The van der Waals surface area contributed by atoms with Gasteiger partial charge in [0.1, 0.15) is 18.4 Å². The molecule has 0 saturated carbocycles. The normalized spacial score (nSPS) is 18.0. The molecule has 1 heterocycles. The first kappa shape index (κ1) is 28.3. The van der Waals surface area contributed by atoms with E-state index in [0.717, 1.165) is 5.56 Å². The molecule has 2 aromatic rings. The van der Waals surface area contributed by atoms with Crippen LogP contribution in [-0.2, 0) is 20.7 Å². The van der Waals surface area contributed by atoms with Crippen LogP contribution in [0.1, 0.15) is 35.3 Å². The molecule has 0 spiro atoms. The summed E-state index contributed by atoms with van der Waals surface area (Å²) in [5, 5.41) is 14.2.